The summed E-state index contributed by atoms with van der Waals surface area (Å²) in [4.78, 5) is 10.5. The number of carboxylic acid groups (broad SMARTS) is 1. The summed E-state index contributed by atoms with van der Waals surface area (Å²) < 4.78 is 38.3. The molecule has 100 valence electrons. The van der Waals surface area contributed by atoms with E-state index in [1.807, 2.05) is 0 Å². The predicted molar refractivity (Wildman–Crippen MR) is 63.0 cm³/mol. The monoisotopic (exact) mass is 275 g/mol. The van der Waals surface area contributed by atoms with Gasteiger partial charge in [0.05, 0.1) is 10.8 Å². The second kappa shape index (κ2) is 5.92. The number of carboxylic acids is 1. The van der Waals surface area contributed by atoms with Gasteiger partial charge in [0.2, 0.25) is 10.0 Å². The van der Waals surface area contributed by atoms with Crippen molar-refractivity contribution in [2.45, 2.75) is 18.2 Å². The normalized spacial score (nSPS) is 13.2. The smallest absolute Gasteiger partial charge is 0.306 e. The van der Waals surface area contributed by atoms with Gasteiger partial charge in [0.1, 0.15) is 5.82 Å². The molecule has 0 aromatic heterocycles. The fraction of sp³-hybridized carbons (Fsp3) is 0.364. The van der Waals surface area contributed by atoms with E-state index in [1.54, 1.807) is 0 Å². The number of sulfonamides is 1. The molecule has 1 aromatic carbocycles. The third-order valence-corrected chi connectivity index (χ3v) is 3.89. The number of halogens is 1. The van der Waals surface area contributed by atoms with Crippen LogP contribution in [0.5, 0.6) is 0 Å². The fourth-order valence-corrected chi connectivity index (χ4v) is 2.28. The van der Waals surface area contributed by atoms with Crippen molar-refractivity contribution < 1.29 is 22.7 Å². The Labute approximate surface area is 105 Å². The molecule has 1 atom stereocenters. The summed E-state index contributed by atoms with van der Waals surface area (Å²) in [6.45, 7) is 1.52. The molecule has 7 heteroatoms. The van der Waals surface area contributed by atoms with Crippen LogP contribution in [0.4, 0.5) is 4.39 Å². The lowest BCUT2D eigenvalue weighted by Crippen LogP contribution is -2.27. The van der Waals surface area contributed by atoms with Crippen molar-refractivity contribution >= 4 is 16.0 Å². The van der Waals surface area contributed by atoms with Crippen LogP contribution in [-0.2, 0) is 14.8 Å². The molecule has 1 rings (SSSR count). The number of nitrogens with one attached hydrogen (secondary N) is 1. The standard InChI is InChI=1S/C11H14FNO4S/c1-8(11(14)15)6-7-13-18(16,17)10-4-2-9(12)3-5-10/h2-5,8,13H,6-7H2,1H3,(H,14,15). The molecular weight excluding hydrogens is 261 g/mol. The lowest BCUT2D eigenvalue weighted by molar-refractivity contribution is -0.141. The molecule has 0 bridgehead atoms. The molecule has 1 unspecified atom stereocenters. The SMILES string of the molecule is CC(CCNS(=O)(=O)c1ccc(F)cc1)C(=O)O. The maximum absolute atomic E-state index is 12.6. The molecule has 18 heavy (non-hydrogen) atoms. The minimum absolute atomic E-state index is 0.0210. The van der Waals surface area contributed by atoms with E-state index in [4.69, 9.17) is 5.11 Å². The quantitative estimate of drug-likeness (QED) is 0.817. The zero-order valence-electron chi connectivity index (χ0n) is 9.76. The minimum atomic E-state index is -3.71. The van der Waals surface area contributed by atoms with Crippen LogP contribution in [0.25, 0.3) is 0 Å². The Morgan fingerprint density at radius 1 is 1.39 bits per heavy atom. The van der Waals surface area contributed by atoms with Crippen molar-refractivity contribution in [2.24, 2.45) is 5.92 Å². The molecule has 2 N–H and O–H groups in total. The number of aliphatic carboxylic acids is 1. The van der Waals surface area contributed by atoms with Gasteiger partial charge in [0.25, 0.3) is 0 Å². The van der Waals surface area contributed by atoms with Gasteiger partial charge in [0.15, 0.2) is 0 Å². The average molecular weight is 275 g/mol. The topological polar surface area (TPSA) is 83.5 Å². The maximum atomic E-state index is 12.6. The molecule has 0 saturated carbocycles. The van der Waals surface area contributed by atoms with Gasteiger partial charge in [-0.3, -0.25) is 4.79 Å². The highest BCUT2D eigenvalue weighted by Crippen LogP contribution is 2.10. The van der Waals surface area contributed by atoms with Crippen LogP contribution in [0.15, 0.2) is 29.2 Å². The number of hydrogen-bond donors (Lipinski definition) is 2. The van der Waals surface area contributed by atoms with E-state index in [-0.39, 0.29) is 17.9 Å². The Hall–Kier alpha value is -1.47. The van der Waals surface area contributed by atoms with E-state index in [9.17, 15) is 17.6 Å². The molecular formula is C11H14FNO4S. The van der Waals surface area contributed by atoms with Crippen LogP contribution in [-0.4, -0.2) is 26.0 Å². The van der Waals surface area contributed by atoms with Crippen LogP contribution < -0.4 is 4.72 Å². The third-order valence-electron chi connectivity index (χ3n) is 2.41. The Kier molecular flexibility index (Phi) is 4.80. The Morgan fingerprint density at radius 2 is 1.94 bits per heavy atom. The second-order valence-electron chi connectivity index (χ2n) is 3.88. The first-order chi connectivity index (χ1) is 8.33. The summed E-state index contributed by atoms with van der Waals surface area (Å²) in [6.07, 6.45) is 0.190. The number of benzene rings is 1. The van der Waals surface area contributed by atoms with E-state index in [2.05, 4.69) is 4.72 Å². The van der Waals surface area contributed by atoms with Crippen molar-refractivity contribution in [3.63, 3.8) is 0 Å². The van der Waals surface area contributed by atoms with Crippen molar-refractivity contribution in [3.05, 3.63) is 30.1 Å². The van der Waals surface area contributed by atoms with Crippen LogP contribution in [0.3, 0.4) is 0 Å². The summed E-state index contributed by atoms with van der Waals surface area (Å²) >= 11 is 0. The summed E-state index contributed by atoms with van der Waals surface area (Å²) in [6, 6.07) is 4.40. The van der Waals surface area contributed by atoms with E-state index in [0.29, 0.717) is 0 Å². The molecule has 0 fully saturated rings. The van der Waals surface area contributed by atoms with E-state index >= 15 is 0 Å². The molecule has 0 saturated heterocycles. The van der Waals surface area contributed by atoms with Crippen molar-refractivity contribution in [1.82, 2.24) is 4.72 Å². The van der Waals surface area contributed by atoms with Gasteiger partial charge in [-0.15, -0.1) is 0 Å². The lowest BCUT2D eigenvalue weighted by Gasteiger charge is -2.08. The number of hydrogen-bond acceptors (Lipinski definition) is 3. The Balaban J connectivity index is 2.60. The molecule has 0 aliphatic rings. The van der Waals surface area contributed by atoms with Crippen LogP contribution in [0.2, 0.25) is 0 Å². The number of rotatable bonds is 6. The highest BCUT2D eigenvalue weighted by Gasteiger charge is 2.15. The van der Waals surface area contributed by atoms with Gasteiger partial charge in [-0.25, -0.2) is 17.5 Å². The third kappa shape index (κ3) is 4.08. The van der Waals surface area contributed by atoms with E-state index in [0.717, 1.165) is 24.3 Å². The molecule has 5 nitrogen and oxygen atoms in total. The van der Waals surface area contributed by atoms with E-state index in [1.165, 1.54) is 6.92 Å². The average Bonchev–Trinajstić information content (AvgIpc) is 2.29. The molecule has 0 aliphatic carbocycles. The zero-order chi connectivity index (χ0) is 13.8. The first-order valence-corrected chi connectivity index (χ1v) is 6.79. The van der Waals surface area contributed by atoms with E-state index < -0.39 is 27.7 Å². The highest BCUT2D eigenvalue weighted by molar-refractivity contribution is 7.89. The molecule has 0 spiro atoms. The van der Waals surface area contributed by atoms with Gasteiger partial charge < -0.3 is 5.11 Å². The summed E-state index contributed by atoms with van der Waals surface area (Å²) in [5.74, 6) is -2.12. The lowest BCUT2D eigenvalue weighted by atomic mass is 10.1. The second-order valence-corrected chi connectivity index (χ2v) is 5.65. The number of carbonyl (C=O) groups is 1. The van der Waals surface area contributed by atoms with Gasteiger partial charge >= 0.3 is 5.97 Å². The largest absolute Gasteiger partial charge is 0.481 e. The van der Waals surface area contributed by atoms with Crippen molar-refractivity contribution in [2.75, 3.05) is 6.54 Å². The summed E-state index contributed by atoms with van der Waals surface area (Å²) in [7, 11) is -3.71. The molecule has 0 aliphatic heterocycles. The minimum Gasteiger partial charge on any atom is -0.481 e. The Bertz CT molecular complexity index is 512. The highest BCUT2D eigenvalue weighted by atomic mass is 32.2. The predicted octanol–water partition coefficient (Wildman–Crippen LogP) is 1.21. The van der Waals surface area contributed by atoms with Crippen LogP contribution in [0.1, 0.15) is 13.3 Å². The Morgan fingerprint density at radius 3 is 2.44 bits per heavy atom. The molecule has 1 aromatic rings. The molecule has 0 radical (unpaired) electrons. The van der Waals surface area contributed by atoms with Gasteiger partial charge in [-0.2, -0.15) is 0 Å². The van der Waals surface area contributed by atoms with Gasteiger partial charge in [-0.1, -0.05) is 6.92 Å². The first kappa shape index (κ1) is 14.6. The summed E-state index contributed by atoms with van der Waals surface area (Å²) in [5.41, 5.74) is 0. The van der Waals surface area contributed by atoms with Crippen molar-refractivity contribution in [1.29, 1.82) is 0 Å². The van der Waals surface area contributed by atoms with Gasteiger partial charge in [-0.05, 0) is 30.7 Å². The summed E-state index contributed by atoms with van der Waals surface area (Å²) in [5, 5.41) is 8.64. The first-order valence-electron chi connectivity index (χ1n) is 5.31. The van der Waals surface area contributed by atoms with Crippen LogP contribution in [0, 0.1) is 11.7 Å². The van der Waals surface area contributed by atoms with Crippen LogP contribution >= 0.6 is 0 Å². The maximum Gasteiger partial charge on any atom is 0.306 e. The van der Waals surface area contributed by atoms with Gasteiger partial charge in [0, 0.05) is 6.54 Å². The fourth-order valence-electron chi connectivity index (χ4n) is 1.23. The molecule has 0 amide bonds. The van der Waals surface area contributed by atoms with Crippen molar-refractivity contribution in [3.8, 4) is 0 Å². The zero-order valence-corrected chi connectivity index (χ0v) is 10.6. The molecule has 0 heterocycles.